The molecule has 0 amide bonds. The van der Waals surface area contributed by atoms with Crippen molar-refractivity contribution >= 4 is 28.3 Å². The van der Waals surface area contributed by atoms with Crippen molar-refractivity contribution in [2.75, 3.05) is 18.8 Å². The predicted octanol–water partition coefficient (Wildman–Crippen LogP) is 3.74. The first-order valence-electron chi connectivity index (χ1n) is 5.47. The van der Waals surface area contributed by atoms with Crippen LogP contribution in [0.3, 0.4) is 0 Å². The van der Waals surface area contributed by atoms with Gasteiger partial charge in [-0.25, -0.2) is 0 Å². The Balaban J connectivity index is 3.88. The molecule has 3 heteroatoms. The van der Waals surface area contributed by atoms with Gasteiger partial charge in [0.15, 0.2) is 0 Å². The Morgan fingerprint density at radius 2 is 1.71 bits per heavy atom. The maximum Gasteiger partial charge on any atom is 0.136 e. The lowest BCUT2D eigenvalue weighted by Crippen LogP contribution is -2.29. The second-order valence-corrected chi connectivity index (χ2v) is 5.04. The monoisotopic (exact) mass is 232 g/mol. The molecule has 0 aromatic heterocycles. The van der Waals surface area contributed by atoms with Gasteiger partial charge >= 0.3 is 0 Å². The van der Waals surface area contributed by atoms with Crippen molar-refractivity contribution in [2.45, 2.75) is 39.5 Å². The summed E-state index contributed by atoms with van der Waals surface area (Å²) in [6.45, 7) is 10.5. The number of thioether (sulfide) groups is 1. The number of nitrogens with zero attached hydrogens (tertiary/aromatic N) is 1. The Bertz CT molecular complexity index is 140. The summed E-state index contributed by atoms with van der Waals surface area (Å²) in [4.78, 5) is 2.33. The second-order valence-electron chi connectivity index (χ2n) is 3.31. The Morgan fingerprint density at radius 3 is 2.07 bits per heavy atom. The van der Waals surface area contributed by atoms with E-state index in [0.717, 1.165) is 23.2 Å². The molecule has 0 heterocycles. The van der Waals surface area contributed by atoms with Gasteiger partial charge in [-0.2, -0.15) is 0 Å². The lowest BCUT2D eigenvalue weighted by Gasteiger charge is -2.24. The predicted molar refractivity (Wildman–Crippen MR) is 71.8 cm³/mol. The van der Waals surface area contributed by atoms with Crippen LogP contribution in [-0.4, -0.2) is 28.1 Å². The third-order valence-electron chi connectivity index (χ3n) is 2.05. The fourth-order valence-corrected chi connectivity index (χ4v) is 2.14. The molecule has 0 aliphatic rings. The van der Waals surface area contributed by atoms with Crippen LogP contribution in [0.4, 0.5) is 0 Å². The lowest BCUT2D eigenvalue weighted by molar-refractivity contribution is 0.411. The molecule has 0 saturated carbocycles. The minimum absolute atomic E-state index is 0.841. The highest BCUT2D eigenvalue weighted by Gasteiger charge is 2.07. The summed E-state index contributed by atoms with van der Waals surface area (Å²) in [6.07, 6.45) is 4.95. The van der Waals surface area contributed by atoms with Crippen LogP contribution in [0.1, 0.15) is 39.5 Å². The third kappa shape index (κ3) is 6.66. The highest BCUT2D eigenvalue weighted by molar-refractivity contribution is 8.22. The number of unbranched alkanes of at least 4 members (excludes halogenated alkanes) is 2. The molecule has 0 rings (SSSR count). The Hall–Kier alpha value is 0.240. The summed E-state index contributed by atoms with van der Waals surface area (Å²) in [5.41, 5.74) is 0. The van der Waals surface area contributed by atoms with E-state index in [1.807, 2.05) is 0 Å². The Labute approximate surface area is 98.6 Å². The molecule has 0 aromatic carbocycles. The van der Waals surface area contributed by atoms with Gasteiger partial charge in [0.1, 0.15) is 4.32 Å². The zero-order valence-corrected chi connectivity index (χ0v) is 11.1. The van der Waals surface area contributed by atoms with Gasteiger partial charge in [0, 0.05) is 18.8 Å². The number of hydrogen-bond acceptors (Lipinski definition) is 2. The van der Waals surface area contributed by atoms with E-state index in [4.69, 9.17) is 12.2 Å². The number of thiocarbonyl (C=S) groups is 1. The van der Waals surface area contributed by atoms with Crippen molar-refractivity contribution < 1.29 is 0 Å². The van der Waals surface area contributed by atoms with Crippen LogP contribution in [0.15, 0.2) is 0 Å². The van der Waals surface area contributed by atoms with Crippen LogP contribution < -0.4 is 0 Å². The maximum atomic E-state index is 5.35. The number of rotatable bonds is 7. The van der Waals surface area contributed by atoms with Crippen LogP contribution in [0.2, 0.25) is 0 Å². The topological polar surface area (TPSA) is 3.24 Å². The fraction of sp³-hybridized carbons (Fsp3) is 0.818. The van der Waals surface area contributed by atoms with Gasteiger partial charge in [0.2, 0.25) is 0 Å². The van der Waals surface area contributed by atoms with E-state index in [1.54, 1.807) is 11.8 Å². The van der Waals surface area contributed by atoms with E-state index in [2.05, 4.69) is 25.7 Å². The summed E-state index contributed by atoms with van der Waals surface area (Å²) in [5.74, 6) is 0.841. The van der Waals surface area contributed by atoms with Crippen LogP contribution >= 0.6 is 24.0 Å². The first-order chi connectivity index (χ1) is 6.76. The molecule has 0 aliphatic heterocycles. The third-order valence-corrected chi connectivity index (χ3v) is 3.37. The van der Waals surface area contributed by atoms with E-state index in [0.29, 0.717) is 0 Å². The summed E-state index contributed by atoms with van der Waals surface area (Å²) < 4.78 is 1.03. The molecule has 0 unspecified atom stereocenters. The van der Waals surface area contributed by atoms with Crippen molar-refractivity contribution in [3.63, 3.8) is 0 Å². The average Bonchev–Trinajstić information content (AvgIpc) is 2.18. The molecule has 0 aliphatic carbocycles. The largest absolute Gasteiger partial charge is 0.358 e. The molecule has 0 aromatic rings. The Kier molecular flexibility index (Phi) is 9.95. The molecule has 0 atom stereocenters. The normalized spacial score (nSPS) is 10.2. The number of hydrogen-bond donors (Lipinski definition) is 0. The van der Waals surface area contributed by atoms with Crippen LogP contribution in [0.25, 0.3) is 0 Å². The van der Waals surface area contributed by atoms with E-state index in [1.165, 1.54) is 25.7 Å². The smallest absolute Gasteiger partial charge is 0.136 e. The van der Waals surface area contributed by atoms with Crippen LogP contribution in [0.5, 0.6) is 0 Å². The lowest BCUT2D eigenvalue weighted by atomic mass is 10.3. The molecule has 0 saturated heterocycles. The minimum atomic E-state index is 0.841. The zero-order chi connectivity index (χ0) is 10.8. The summed E-state index contributed by atoms with van der Waals surface area (Å²) in [7, 11) is 0. The van der Waals surface area contributed by atoms with Crippen molar-refractivity contribution in [3.05, 3.63) is 6.92 Å². The fourth-order valence-electron chi connectivity index (χ4n) is 1.17. The van der Waals surface area contributed by atoms with Gasteiger partial charge in [0.05, 0.1) is 0 Å². The summed E-state index contributed by atoms with van der Waals surface area (Å²) in [5, 5.41) is 0. The molecule has 1 radical (unpaired) electrons. The van der Waals surface area contributed by atoms with Gasteiger partial charge < -0.3 is 4.90 Å². The maximum absolute atomic E-state index is 5.35. The van der Waals surface area contributed by atoms with Gasteiger partial charge in [-0.3, -0.25) is 0 Å². The van der Waals surface area contributed by atoms with Gasteiger partial charge in [-0.1, -0.05) is 50.7 Å². The molecular formula is C11H22NS2. The van der Waals surface area contributed by atoms with Crippen LogP contribution in [0, 0.1) is 6.92 Å². The molecule has 83 valence electrons. The standard InChI is InChI=1S/C11H22NS2/c1-4-7-9-12(10-8-5-2)11(13)14-6-3/h3-10H2,1-2H3. The summed E-state index contributed by atoms with van der Waals surface area (Å²) in [6, 6.07) is 0. The minimum Gasteiger partial charge on any atom is -0.358 e. The quantitative estimate of drug-likeness (QED) is 0.616. The van der Waals surface area contributed by atoms with Gasteiger partial charge in [0.25, 0.3) is 0 Å². The molecule has 0 bridgehead atoms. The van der Waals surface area contributed by atoms with E-state index in [9.17, 15) is 0 Å². The average molecular weight is 232 g/mol. The molecule has 0 spiro atoms. The van der Waals surface area contributed by atoms with Gasteiger partial charge in [-0.05, 0) is 19.8 Å². The van der Waals surface area contributed by atoms with Crippen molar-refractivity contribution in [1.82, 2.24) is 4.90 Å². The molecule has 1 nitrogen and oxygen atoms in total. The Morgan fingerprint density at radius 1 is 1.21 bits per heavy atom. The SMILES string of the molecule is [CH2]CSC(=S)N(CCCC)CCCC. The van der Waals surface area contributed by atoms with E-state index >= 15 is 0 Å². The molecule has 0 fully saturated rings. The second kappa shape index (κ2) is 9.78. The first kappa shape index (κ1) is 14.2. The van der Waals surface area contributed by atoms with Gasteiger partial charge in [-0.15, -0.1) is 0 Å². The van der Waals surface area contributed by atoms with Crippen molar-refractivity contribution in [3.8, 4) is 0 Å². The van der Waals surface area contributed by atoms with Crippen molar-refractivity contribution in [2.24, 2.45) is 0 Å². The van der Waals surface area contributed by atoms with E-state index < -0.39 is 0 Å². The highest BCUT2D eigenvalue weighted by atomic mass is 32.2. The highest BCUT2D eigenvalue weighted by Crippen LogP contribution is 2.11. The summed E-state index contributed by atoms with van der Waals surface area (Å²) >= 11 is 7.04. The zero-order valence-electron chi connectivity index (χ0n) is 9.42. The molecule has 0 N–H and O–H groups in total. The van der Waals surface area contributed by atoms with Crippen molar-refractivity contribution in [1.29, 1.82) is 0 Å². The first-order valence-corrected chi connectivity index (χ1v) is 6.86. The molecule has 14 heavy (non-hydrogen) atoms. The van der Waals surface area contributed by atoms with E-state index in [-0.39, 0.29) is 0 Å². The molecular weight excluding hydrogens is 210 g/mol. The van der Waals surface area contributed by atoms with Crippen LogP contribution in [-0.2, 0) is 0 Å².